The van der Waals surface area contributed by atoms with Crippen LogP contribution < -0.4 is 9.47 Å². The highest BCUT2D eigenvalue weighted by molar-refractivity contribution is 9.10. The second kappa shape index (κ2) is 5.40. The minimum atomic E-state index is 0.553. The van der Waals surface area contributed by atoms with Gasteiger partial charge in [-0.25, -0.2) is 4.98 Å². The molecule has 0 amide bonds. The van der Waals surface area contributed by atoms with E-state index >= 15 is 0 Å². The van der Waals surface area contributed by atoms with Crippen molar-refractivity contribution in [1.29, 1.82) is 0 Å². The van der Waals surface area contributed by atoms with E-state index < -0.39 is 0 Å². The average molecular weight is 308 g/mol. The molecule has 1 aromatic carbocycles. The molecule has 94 valence electrons. The molecule has 2 aromatic rings. The Kier molecular flexibility index (Phi) is 3.87. The summed E-state index contributed by atoms with van der Waals surface area (Å²) in [5.74, 6) is 2.05. The van der Waals surface area contributed by atoms with Crippen molar-refractivity contribution in [3.05, 3.63) is 46.1 Å². The van der Waals surface area contributed by atoms with E-state index in [4.69, 9.17) is 9.47 Å². The smallest absolute Gasteiger partial charge is 0.219 e. The summed E-state index contributed by atoms with van der Waals surface area (Å²) in [5.41, 5.74) is 2.28. The van der Waals surface area contributed by atoms with Crippen LogP contribution >= 0.6 is 15.9 Å². The van der Waals surface area contributed by atoms with Crippen molar-refractivity contribution in [1.82, 2.24) is 4.98 Å². The molecule has 0 saturated heterocycles. The van der Waals surface area contributed by atoms with E-state index in [9.17, 15) is 0 Å². The fourth-order valence-corrected chi connectivity index (χ4v) is 1.86. The fourth-order valence-electron chi connectivity index (χ4n) is 1.63. The molecule has 0 bridgehead atoms. The summed E-state index contributed by atoms with van der Waals surface area (Å²) in [6.45, 7) is 4.07. The van der Waals surface area contributed by atoms with Crippen LogP contribution in [0.25, 0.3) is 0 Å². The topological polar surface area (TPSA) is 31.4 Å². The molecule has 18 heavy (non-hydrogen) atoms. The summed E-state index contributed by atoms with van der Waals surface area (Å²) in [7, 11) is 1.61. The van der Waals surface area contributed by atoms with Crippen LogP contribution in [0.3, 0.4) is 0 Å². The Bertz CT molecular complexity index is 529. The Balaban J connectivity index is 2.23. The second-order valence-corrected chi connectivity index (χ2v) is 4.80. The van der Waals surface area contributed by atoms with Crippen LogP contribution in [0.2, 0.25) is 0 Å². The number of nitrogens with zero attached hydrogens (tertiary/aromatic N) is 1. The van der Waals surface area contributed by atoms with Gasteiger partial charge in [0.15, 0.2) is 0 Å². The number of benzene rings is 1. The normalized spacial score (nSPS) is 10.2. The zero-order valence-corrected chi connectivity index (χ0v) is 12.1. The first-order chi connectivity index (χ1) is 8.60. The number of rotatable bonds is 3. The van der Waals surface area contributed by atoms with Gasteiger partial charge >= 0.3 is 0 Å². The maximum absolute atomic E-state index is 5.71. The number of halogens is 1. The molecule has 0 radical (unpaired) electrons. The van der Waals surface area contributed by atoms with Gasteiger partial charge in [0.2, 0.25) is 5.88 Å². The lowest BCUT2D eigenvalue weighted by Crippen LogP contribution is -1.91. The summed E-state index contributed by atoms with van der Waals surface area (Å²) >= 11 is 3.53. The minimum Gasteiger partial charge on any atom is -0.495 e. The number of hydrogen-bond acceptors (Lipinski definition) is 3. The molecule has 1 aromatic heterocycles. The van der Waals surface area contributed by atoms with Crippen molar-refractivity contribution in [2.24, 2.45) is 0 Å². The molecule has 1 heterocycles. The monoisotopic (exact) mass is 307 g/mol. The van der Waals surface area contributed by atoms with Crippen LogP contribution in [0.5, 0.6) is 17.4 Å². The Morgan fingerprint density at radius 1 is 1.06 bits per heavy atom. The molecule has 0 fully saturated rings. The van der Waals surface area contributed by atoms with E-state index in [1.165, 1.54) is 0 Å². The van der Waals surface area contributed by atoms with Crippen LogP contribution in [-0.2, 0) is 0 Å². The van der Waals surface area contributed by atoms with Crippen LogP contribution in [0.1, 0.15) is 11.1 Å². The summed E-state index contributed by atoms with van der Waals surface area (Å²) < 4.78 is 11.9. The third-order valence-electron chi connectivity index (χ3n) is 2.58. The molecule has 0 spiro atoms. The van der Waals surface area contributed by atoms with Crippen molar-refractivity contribution in [3.8, 4) is 17.4 Å². The molecular formula is C14H14BrNO2. The minimum absolute atomic E-state index is 0.553. The SMILES string of the molecule is COc1ccc(Oc2cc(C)c(Br)c(C)c2)nc1. The lowest BCUT2D eigenvalue weighted by Gasteiger charge is -2.09. The molecule has 0 unspecified atom stereocenters. The van der Waals surface area contributed by atoms with Crippen LogP contribution in [0, 0.1) is 13.8 Å². The third kappa shape index (κ3) is 2.82. The summed E-state index contributed by atoms with van der Waals surface area (Å²) in [6, 6.07) is 7.55. The quantitative estimate of drug-likeness (QED) is 0.849. The molecule has 0 aliphatic heterocycles. The van der Waals surface area contributed by atoms with E-state index in [-0.39, 0.29) is 0 Å². The van der Waals surface area contributed by atoms with Crippen molar-refractivity contribution < 1.29 is 9.47 Å². The first-order valence-electron chi connectivity index (χ1n) is 5.55. The maximum Gasteiger partial charge on any atom is 0.219 e. The Morgan fingerprint density at radius 3 is 2.22 bits per heavy atom. The van der Waals surface area contributed by atoms with Gasteiger partial charge in [0.25, 0.3) is 0 Å². The van der Waals surface area contributed by atoms with E-state index in [0.717, 1.165) is 21.3 Å². The van der Waals surface area contributed by atoms with Gasteiger partial charge < -0.3 is 9.47 Å². The summed E-state index contributed by atoms with van der Waals surface area (Å²) in [5, 5.41) is 0. The standard InChI is InChI=1S/C14H14BrNO2/c1-9-6-12(7-10(2)14(9)15)18-13-5-4-11(17-3)8-16-13/h4-8H,1-3H3. The van der Waals surface area contributed by atoms with E-state index in [2.05, 4.69) is 20.9 Å². The van der Waals surface area contributed by atoms with E-state index in [0.29, 0.717) is 11.6 Å². The van der Waals surface area contributed by atoms with Gasteiger partial charge in [-0.1, -0.05) is 15.9 Å². The zero-order valence-electron chi connectivity index (χ0n) is 10.5. The molecule has 4 heteroatoms. The van der Waals surface area contributed by atoms with Gasteiger partial charge in [-0.15, -0.1) is 0 Å². The average Bonchev–Trinajstić information content (AvgIpc) is 2.37. The van der Waals surface area contributed by atoms with Gasteiger partial charge in [0, 0.05) is 10.5 Å². The number of ether oxygens (including phenoxy) is 2. The molecule has 2 rings (SSSR count). The number of hydrogen-bond donors (Lipinski definition) is 0. The zero-order chi connectivity index (χ0) is 13.1. The van der Waals surface area contributed by atoms with Crippen LogP contribution in [0.15, 0.2) is 34.9 Å². The number of aromatic nitrogens is 1. The lowest BCUT2D eigenvalue weighted by molar-refractivity contribution is 0.407. The number of pyridine rings is 1. The van der Waals surface area contributed by atoms with Crippen molar-refractivity contribution >= 4 is 15.9 Å². The number of aryl methyl sites for hydroxylation is 2. The summed E-state index contributed by atoms with van der Waals surface area (Å²) in [4.78, 5) is 4.17. The van der Waals surface area contributed by atoms with Gasteiger partial charge in [-0.3, -0.25) is 0 Å². The molecular weight excluding hydrogens is 294 g/mol. The van der Waals surface area contributed by atoms with Crippen molar-refractivity contribution in [2.75, 3.05) is 7.11 Å². The highest BCUT2D eigenvalue weighted by Crippen LogP contribution is 2.29. The Morgan fingerprint density at radius 2 is 1.72 bits per heavy atom. The van der Waals surface area contributed by atoms with E-state index in [1.54, 1.807) is 19.4 Å². The fraction of sp³-hybridized carbons (Fsp3) is 0.214. The molecule has 0 aliphatic rings. The van der Waals surface area contributed by atoms with E-state index in [1.807, 2.05) is 32.0 Å². The molecule has 0 saturated carbocycles. The summed E-state index contributed by atoms with van der Waals surface area (Å²) in [6.07, 6.45) is 1.63. The van der Waals surface area contributed by atoms with Gasteiger partial charge in [0.05, 0.1) is 13.3 Å². The van der Waals surface area contributed by atoms with Gasteiger partial charge in [0.1, 0.15) is 11.5 Å². The predicted molar refractivity (Wildman–Crippen MR) is 74.5 cm³/mol. The number of methoxy groups -OCH3 is 1. The van der Waals surface area contributed by atoms with Crippen LogP contribution in [0.4, 0.5) is 0 Å². The van der Waals surface area contributed by atoms with Gasteiger partial charge in [-0.05, 0) is 43.2 Å². The molecule has 0 atom stereocenters. The molecule has 3 nitrogen and oxygen atoms in total. The first-order valence-corrected chi connectivity index (χ1v) is 6.34. The first kappa shape index (κ1) is 12.9. The molecule has 0 N–H and O–H groups in total. The lowest BCUT2D eigenvalue weighted by atomic mass is 10.1. The Labute approximate surface area is 115 Å². The highest BCUT2D eigenvalue weighted by Gasteiger charge is 2.05. The van der Waals surface area contributed by atoms with Crippen LogP contribution in [-0.4, -0.2) is 12.1 Å². The Hall–Kier alpha value is -1.55. The van der Waals surface area contributed by atoms with Crippen molar-refractivity contribution in [2.45, 2.75) is 13.8 Å². The third-order valence-corrected chi connectivity index (χ3v) is 3.83. The highest BCUT2D eigenvalue weighted by atomic mass is 79.9. The largest absolute Gasteiger partial charge is 0.495 e. The maximum atomic E-state index is 5.71. The second-order valence-electron chi connectivity index (χ2n) is 4.01. The van der Waals surface area contributed by atoms with Crippen molar-refractivity contribution in [3.63, 3.8) is 0 Å². The predicted octanol–water partition coefficient (Wildman–Crippen LogP) is 4.26. The molecule has 0 aliphatic carbocycles. The van der Waals surface area contributed by atoms with Gasteiger partial charge in [-0.2, -0.15) is 0 Å².